The topological polar surface area (TPSA) is 0 Å². The van der Waals surface area contributed by atoms with Gasteiger partial charge in [-0.1, -0.05) is 23.7 Å². The van der Waals surface area contributed by atoms with Gasteiger partial charge in [0.15, 0.2) is 0 Å². The predicted molar refractivity (Wildman–Crippen MR) is 56.3 cm³/mol. The van der Waals surface area contributed by atoms with E-state index in [2.05, 4.69) is 32.0 Å². The Hall–Kier alpha value is -0.530. The molecule has 1 aromatic carbocycles. The van der Waals surface area contributed by atoms with Crippen LogP contribution in [0.4, 0.5) is 0 Å². The number of rotatable bonds is 0. The van der Waals surface area contributed by atoms with Crippen molar-refractivity contribution in [2.24, 2.45) is 0 Å². The summed E-state index contributed by atoms with van der Waals surface area (Å²) in [5.74, 6) is 0. The summed E-state index contributed by atoms with van der Waals surface area (Å²) in [6, 6.07) is 6.44. The highest BCUT2D eigenvalue weighted by Gasteiger charge is 2.04. The zero-order chi connectivity index (χ0) is 8.72. The Balaban J connectivity index is 2.87. The van der Waals surface area contributed by atoms with Crippen molar-refractivity contribution in [2.75, 3.05) is 0 Å². The summed E-state index contributed by atoms with van der Waals surface area (Å²) >= 11 is 7.68. The summed E-state index contributed by atoms with van der Waals surface area (Å²) < 4.78 is 2.20. The Morgan fingerprint density at radius 2 is 2.00 bits per heavy atom. The van der Waals surface area contributed by atoms with Crippen LogP contribution in [0.2, 0.25) is 4.34 Å². The Bertz CT molecular complexity index is 429. The van der Waals surface area contributed by atoms with Crippen LogP contribution in [-0.2, 0) is 0 Å². The molecule has 0 atom stereocenters. The fourth-order valence-electron chi connectivity index (χ4n) is 1.30. The van der Waals surface area contributed by atoms with Gasteiger partial charge >= 0.3 is 0 Å². The molecule has 0 unspecified atom stereocenters. The molecule has 0 spiro atoms. The lowest BCUT2D eigenvalue weighted by Gasteiger charge is -1.92. The Morgan fingerprint density at radius 1 is 1.25 bits per heavy atom. The van der Waals surface area contributed by atoms with Gasteiger partial charge < -0.3 is 0 Å². The van der Waals surface area contributed by atoms with E-state index in [1.807, 2.05) is 0 Å². The first-order chi connectivity index (χ1) is 5.68. The first-order valence-corrected chi connectivity index (χ1v) is 5.03. The molecule has 0 radical (unpaired) electrons. The molecule has 0 nitrogen and oxygen atoms in total. The lowest BCUT2D eigenvalue weighted by molar-refractivity contribution is 1.51. The van der Waals surface area contributed by atoms with Gasteiger partial charge in [-0.25, -0.2) is 0 Å². The van der Waals surface area contributed by atoms with Crippen molar-refractivity contribution < 1.29 is 0 Å². The molecule has 0 aliphatic heterocycles. The van der Waals surface area contributed by atoms with Crippen molar-refractivity contribution in [1.82, 2.24) is 0 Å². The van der Waals surface area contributed by atoms with Crippen LogP contribution in [0.3, 0.4) is 0 Å². The normalized spacial score (nSPS) is 10.9. The molecule has 0 saturated heterocycles. The monoisotopic (exact) mass is 196 g/mol. The highest BCUT2D eigenvalue weighted by molar-refractivity contribution is 7.22. The maximum absolute atomic E-state index is 6.02. The van der Waals surface area contributed by atoms with Crippen molar-refractivity contribution in [3.05, 3.63) is 33.7 Å². The van der Waals surface area contributed by atoms with Crippen LogP contribution in [0.15, 0.2) is 18.2 Å². The molecule has 2 aromatic rings. The Labute approximate surface area is 80.8 Å². The summed E-state index contributed by atoms with van der Waals surface area (Å²) in [4.78, 5) is 0. The third kappa shape index (κ3) is 1.13. The second-order valence-corrected chi connectivity index (χ2v) is 4.65. The standard InChI is InChI=1S/C10H9ClS/c1-6-3-4-8-7(2)10(11)12-9(8)5-6/h3-5H,1-2H3. The van der Waals surface area contributed by atoms with E-state index in [0.717, 1.165) is 4.34 Å². The van der Waals surface area contributed by atoms with Crippen LogP contribution in [0, 0.1) is 13.8 Å². The van der Waals surface area contributed by atoms with E-state index in [0.29, 0.717) is 0 Å². The molecule has 0 aliphatic carbocycles. The zero-order valence-electron chi connectivity index (χ0n) is 7.02. The van der Waals surface area contributed by atoms with Crippen LogP contribution in [0.5, 0.6) is 0 Å². The maximum atomic E-state index is 6.02. The van der Waals surface area contributed by atoms with Gasteiger partial charge in [-0.3, -0.25) is 0 Å². The first kappa shape index (κ1) is 8.09. The number of thiophene rings is 1. The summed E-state index contributed by atoms with van der Waals surface area (Å²) in [7, 11) is 0. The molecule has 1 aromatic heterocycles. The summed E-state index contributed by atoms with van der Waals surface area (Å²) in [6.07, 6.45) is 0. The van der Waals surface area contributed by atoms with E-state index in [1.165, 1.54) is 21.2 Å². The van der Waals surface area contributed by atoms with Gasteiger partial charge in [0.1, 0.15) is 0 Å². The fraction of sp³-hybridized carbons (Fsp3) is 0.200. The number of benzene rings is 1. The van der Waals surface area contributed by atoms with Gasteiger partial charge in [-0.15, -0.1) is 11.3 Å². The SMILES string of the molecule is Cc1ccc2c(C)c(Cl)sc2c1. The van der Waals surface area contributed by atoms with Crippen LogP contribution in [0.25, 0.3) is 10.1 Å². The highest BCUT2D eigenvalue weighted by Crippen LogP contribution is 2.34. The van der Waals surface area contributed by atoms with Gasteiger partial charge in [-0.2, -0.15) is 0 Å². The van der Waals surface area contributed by atoms with Crippen LogP contribution < -0.4 is 0 Å². The molecular weight excluding hydrogens is 188 g/mol. The summed E-state index contributed by atoms with van der Waals surface area (Å²) in [5, 5.41) is 1.29. The second-order valence-electron chi connectivity index (χ2n) is 3.00. The van der Waals surface area contributed by atoms with E-state index in [9.17, 15) is 0 Å². The number of fused-ring (bicyclic) bond motifs is 1. The second kappa shape index (κ2) is 2.75. The molecule has 2 heteroatoms. The molecule has 0 bridgehead atoms. The number of hydrogen-bond acceptors (Lipinski definition) is 1. The molecule has 0 saturated carbocycles. The fourth-order valence-corrected chi connectivity index (χ4v) is 2.69. The molecule has 0 amide bonds. The van der Waals surface area contributed by atoms with Crippen molar-refractivity contribution in [3.63, 3.8) is 0 Å². The van der Waals surface area contributed by atoms with Gasteiger partial charge in [0.2, 0.25) is 0 Å². The molecule has 12 heavy (non-hydrogen) atoms. The van der Waals surface area contributed by atoms with Gasteiger partial charge in [-0.05, 0) is 36.4 Å². The molecular formula is C10H9ClS. The lowest BCUT2D eigenvalue weighted by Crippen LogP contribution is -1.70. The van der Waals surface area contributed by atoms with Gasteiger partial charge in [0, 0.05) is 4.70 Å². The van der Waals surface area contributed by atoms with Gasteiger partial charge in [0.25, 0.3) is 0 Å². The average molecular weight is 197 g/mol. The lowest BCUT2D eigenvalue weighted by atomic mass is 10.1. The van der Waals surface area contributed by atoms with Gasteiger partial charge in [0.05, 0.1) is 4.34 Å². The average Bonchev–Trinajstić information content (AvgIpc) is 2.28. The zero-order valence-corrected chi connectivity index (χ0v) is 8.59. The minimum Gasteiger partial charge on any atom is -0.123 e. The highest BCUT2D eigenvalue weighted by atomic mass is 35.5. The van der Waals surface area contributed by atoms with Crippen molar-refractivity contribution in [2.45, 2.75) is 13.8 Å². The quantitative estimate of drug-likeness (QED) is 0.593. The van der Waals surface area contributed by atoms with Crippen molar-refractivity contribution in [3.8, 4) is 0 Å². The summed E-state index contributed by atoms with van der Waals surface area (Å²) in [6.45, 7) is 4.17. The molecule has 62 valence electrons. The molecule has 1 heterocycles. The van der Waals surface area contributed by atoms with Crippen LogP contribution in [0.1, 0.15) is 11.1 Å². The minimum absolute atomic E-state index is 0.913. The number of halogens is 1. The Morgan fingerprint density at radius 3 is 2.75 bits per heavy atom. The smallest absolute Gasteiger partial charge is 0.0969 e. The molecule has 2 rings (SSSR count). The van der Waals surface area contributed by atoms with Crippen LogP contribution >= 0.6 is 22.9 Å². The number of aryl methyl sites for hydroxylation is 2. The maximum Gasteiger partial charge on any atom is 0.0969 e. The Kier molecular flexibility index (Phi) is 1.85. The third-order valence-electron chi connectivity index (χ3n) is 2.04. The molecule has 0 fully saturated rings. The minimum atomic E-state index is 0.913. The molecule has 0 N–H and O–H groups in total. The van der Waals surface area contributed by atoms with E-state index in [1.54, 1.807) is 11.3 Å². The van der Waals surface area contributed by atoms with E-state index in [-0.39, 0.29) is 0 Å². The van der Waals surface area contributed by atoms with E-state index >= 15 is 0 Å². The largest absolute Gasteiger partial charge is 0.123 e. The van der Waals surface area contributed by atoms with Crippen molar-refractivity contribution in [1.29, 1.82) is 0 Å². The summed E-state index contributed by atoms with van der Waals surface area (Å²) in [5.41, 5.74) is 2.50. The third-order valence-corrected chi connectivity index (χ3v) is 3.59. The first-order valence-electron chi connectivity index (χ1n) is 3.84. The van der Waals surface area contributed by atoms with Crippen LogP contribution in [-0.4, -0.2) is 0 Å². The van der Waals surface area contributed by atoms with Crippen molar-refractivity contribution >= 4 is 33.0 Å². The van der Waals surface area contributed by atoms with E-state index < -0.39 is 0 Å². The molecule has 0 aliphatic rings. The predicted octanol–water partition coefficient (Wildman–Crippen LogP) is 4.17. The van der Waals surface area contributed by atoms with E-state index in [4.69, 9.17) is 11.6 Å². The number of hydrogen-bond donors (Lipinski definition) is 0.